The zero-order valence-corrected chi connectivity index (χ0v) is 12.6. The van der Waals surface area contributed by atoms with Gasteiger partial charge < -0.3 is 9.47 Å². The number of carbonyl (C=O) groups is 1. The Bertz CT molecular complexity index is 618. The molecule has 0 radical (unpaired) electrons. The topological polar surface area (TPSA) is 61.3 Å². The molecule has 3 rings (SSSR count). The molecule has 1 aliphatic carbocycles. The molecule has 1 aromatic carbocycles. The molecule has 6 heteroatoms. The number of benzene rings is 1. The predicted octanol–water partition coefficient (Wildman–Crippen LogP) is 3.31. The number of hydrogen-bond donors (Lipinski definition) is 0. The van der Waals surface area contributed by atoms with Crippen molar-refractivity contribution in [2.75, 3.05) is 7.11 Å². The van der Waals surface area contributed by atoms with Gasteiger partial charge in [0.15, 0.2) is 4.88 Å². The Hall–Kier alpha value is -1.95. The normalized spacial score (nSPS) is 15.1. The van der Waals surface area contributed by atoms with E-state index in [-0.39, 0.29) is 12.1 Å². The number of carbonyl (C=O) groups excluding carboxylic acids is 1. The highest BCUT2D eigenvalue weighted by Gasteiger charge is 2.24. The smallest absolute Gasteiger partial charge is 0.352 e. The van der Waals surface area contributed by atoms with Crippen molar-refractivity contribution < 1.29 is 14.3 Å². The molecule has 2 aromatic rings. The van der Waals surface area contributed by atoms with E-state index >= 15 is 0 Å². The first-order chi connectivity index (χ1) is 10.3. The molecule has 0 unspecified atom stereocenters. The van der Waals surface area contributed by atoms with E-state index in [0.29, 0.717) is 10.6 Å². The van der Waals surface area contributed by atoms with Crippen LogP contribution in [0.2, 0.25) is 0 Å². The highest BCUT2D eigenvalue weighted by Crippen LogP contribution is 2.28. The third kappa shape index (κ3) is 3.05. The Kier molecular flexibility index (Phi) is 4.15. The van der Waals surface area contributed by atoms with Crippen LogP contribution in [0.25, 0.3) is 11.3 Å². The van der Waals surface area contributed by atoms with Gasteiger partial charge in [-0.3, -0.25) is 0 Å². The number of nitrogens with zero attached hydrogens (tertiary/aromatic N) is 2. The largest absolute Gasteiger partial charge is 0.497 e. The Labute approximate surface area is 127 Å². The summed E-state index contributed by atoms with van der Waals surface area (Å²) in [5.41, 5.74) is 1.41. The van der Waals surface area contributed by atoms with Gasteiger partial charge in [0.2, 0.25) is 0 Å². The predicted molar refractivity (Wildman–Crippen MR) is 79.6 cm³/mol. The van der Waals surface area contributed by atoms with Gasteiger partial charge in [0.25, 0.3) is 0 Å². The van der Waals surface area contributed by atoms with E-state index in [2.05, 4.69) is 9.59 Å². The maximum Gasteiger partial charge on any atom is 0.352 e. The summed E-state index contributed by atoms with van der Waals surface area (Å²) in [7, 11) is 1.61. The van der Waals surface area contributed by atoms with Crippen LogP contribution in [-0.4, -0.2) is 28.8 Å². The van der Waals surface area contributed by atoms with Crippen molar-refractivity contribution in [3.63, 3.8) is 0 Å². The second-order valence-corrected chi connectivity index (χ2v) is 5.75. The summed E-state index contributed by atoms with van der Waals surface area (Å²) >= 11 is 1.08. The highest BCUT2D eigenvalue weighted by atomic mass is 32.1. The molecule has 0 amide bonds. The third-order valence-electron chi connectivity index (χ3n) is 3.61. The number of ether oxygens (including phenoxy) is 2. The quantitative estimate of drug-likeness (QED) is 0.811. The monoisotopic (exact) mass is 304 g/mol. The number of esters is 1. The van der Waals surface area contributed by atoms with Crippen molar-refractivity contribution in [1.29, 1.82) is 0 Å². The van der Waals surface area contributed by atoms with Crippen LogP contribution < -0.4 is 4.74 Å². The van der Waals surface area contributed by atoms with Crippen molar-refractivity contribution in [3.05, 3.63) is 29.1 Å². The van der Waals surface area contributed by atoms with Crippen molar-refractivity contribution in [1.82, 2.24) is 9.59 Å². The number of methoxy groups -OCH3 is 1. The van der Waals surface area contributed by atoms with E-state index in [9.17, 15) is 4.79 Å². The molecule has 0 aliphatic heterocycles. The molecule has 1 aliphatic rings. The van der Waals surface area contributed by atoms with Crippen LogP contribution in [0.1, 0.15) is 35.4 Å². The Morgan fingerprint density at radius 1 is 1.24 bits per heavy atom. The lowest BCUT2D eigenvalue weighted by Crippen LogP contribution is -2.14. The van der Waals surface area contributed by atoms with E-state index in [1.165, 1.54) is 0 Å². The molecule has 0 bridgehead atoms. The number of rotatable bonds is 4. The zero-order valence-electron chi connectivity index (χ0n) is 11.7. The van der Waals surface area contributed by atoms with E-state index in [0.717, 1.165) is 48.5 Å². The fraction of sp³-hybridized carbons (Fsp3) is 0.400. The van der Waals surface area contributed by atoms with Crippen LogP contribution in [0.5, 0.6) is 5.75 Å². The molecule has 1 aromatic heterocycles. The summed E-state index contributed by atoms with van der Waals surface area (Å²) in [5.74, 6) is 0.444. The Morgan fingerprint density at radius 2 is 1.95 bits per heavy atom. The molecule has 21 heavy (non-hydrogen) atoms. The van der Waals surface area contributed by atoms with Gasteiger partial charge in [-0.25, -0.2) is 4.79 Å². The Balaban J connectivity index is 1.80. The van der Waals surface area contributed by atoms with Gasteiger partial charge in [0.05, 0.1) is 7.11 Å². The van der Waals surface area contributed by atoms with Gasteiger partial charge >= 0.3 is 5.97 Å². The fourth-order valence-electron chi connectivity index (χ4n) is 2.47. The van der Waals surface area contributed by atoms with Crippen molar-refractivity contribution in [2.24, 2.45) is 0 Å². The first kappa shape index (κ1) is 14.0. The highest BCUT2D eigenvalue weighted by molar-refractivity contribution is 7.08. The summed E-state index contributed by atoms with van der Waals surface area (Å²) in [5, 5.41) is 4.06. The van der Waals surface area contributed by atoms with Gasteiger partial charge in [-0.05, 0) is 61.5 Å². The lowest BCUT2D eigenvalue weighted by molar-refractivity contribution is 0.0324. The van der Waals surface area contributed by atoms with Crippen LogP contribution in [0.15, 0.2) is 24.3 Å². The van der Waals surface area contributed by atoms with E-state index in [1.54, 1.807) is 7.11 Å². The standard InChI is InChI=1S/C15H16N2O3S/c1-19-11-8-6-10(7-9-11)13-14(21-17-16-13)15(18)20-12-4-2-3-5-12/h6-9,12H,2-5H2,1H3. The molecule has 5 nitrogen and oxygen atoms in total. The lowest BCUT2D eigenvalue weighted by Gasteiger charge is -2.10. The first-order valence-corrected chi connectivity index (χ1v) is 7.73. The molecule has 110 valence electrons. The molecule has 0 N–H and O–H groups in total. The van der Waals surface area contributed by atoms with Crippen LogP contribution in [0, 0.1) is 0 Å². The van der Waals surface area contributed by atoms with E-state index < -0.39 is 0 Å². The van der Waals surface area contributed by atoms with E-state index in [1.807, 2.05) is 24.3 Å². The number of aromatic nitrogens is 2. The summed E-state index contributed by atoms with van der Waals surface area (Å²) in [6.45, 7) is 0. The summed E-state index contributed by atoms with van der Waals surface area (Å²) in [6.07, 6.45) is 4.21. The molecule has 1 fully saturated rings. The minimum atomic E-state index is -0.317. The van der Waals surface area contributed by atoms with Crippen LogP contribution in [-0.2, 0) is 4.74 Å². The molecule has 0 saturated heterocycles. The summed E-state index contributed by atoms with van der Waals surface area (Å²) in [4.78, 5) is 12.7. The zero-order chi connectivity index (χ0) is 14.7. The minimum Gasteiger partial charge on any atom is -0.497 e. The van der Waals surface area contributed by atoms with Gasteiger partial charge in [0.1, 0.15) is 17.5 Å². The molecular formula is C15H16N2O3S. The van der Waals surface area contributed by atoms with Gasteiger partial charge in [-0.15, -0.1) is 5.10 Å². The molecule has 0 atom stereocenters. The van der Waals surface area contributed by atoms with Crippen LogP contribution >= 0.6 is 11.5 Å². The maximum absolute atomic E-state index is 12.3. The SMILES string of the molecule is COc1ccc(-c2nnsc2C(=O)OC2CCCC2)cc1. The fourth-order valence-corrected chi connectivity index (χ4v) is 3.05. The van der Waals surface area contributed by atoms with Crippen molar-refractivity contribution in [3.8, 4) is 17.0 Å². The molecular weight excluding hydrogens is 288 g/mol. The Morgan fingerprint density at radius 3 is 2.62 bits per heavy atom. The first-order valence-electron chi connectivity index (χ1n) is 6.95. The number of hydrogen-bond acceptors (Lipinski definition) is 6. The third-order valence-corrected chi connectivity index (χ3v) is 4.32. The summed E-state index contributed by atoms with van der Waals surface area (Å²) < 4.78 is 14.6. The maximum atomic E-state index is 12.3. The summed E-state index contributed by atoms with van der Waals surface area (Å²) in [6, 6.07) is 7.39. The molecule has 1 saturated carbocycles. The second kappa shape index (κ2) is 6.22. The van der Waals surface area contributed by atoms with Crippen LogP contribution in [0.4, 0.5) is 0 Å². The van der Waals surface area contributed by atoms with Gasteiger partial charge in [-0.1, -0.05) is 4.49 Å². The average molecular weight is 304 g/mol. The minimum absolute atomic E-state index is 0.0447. The van der Waals surface area contributed by atoms with E-state index in [4.69, 9.17) is 9.47 Å². The van der Waals surface area contributed by atoms with Gasteiger partial charge in [0, 0.05) is 5.56 Å². The van der Waals surface area contributed by atoms with Crippen molar-refractivity contribution in [2.45, 2.75) is 31.8 Å². The average Bonchev–Trinajstić information content (AvgIpc) is 3.18. The van der Waals surface area contributed by atoms with Crippen molar-refractivity contribution >= 4 is 17.5 Å². The second-order valence-electron chi connectivity index (χ2n) is 4.99. The molecule has 1 heterocycles. The van der Waals surface area contributed by atoms with Crippen LogP contribution in [0.3, 0.4) is 0 Å². The van der Waals surface area contributed by atoms with Gasteiger partial charge in [-0.2, -0.15) is 0 Å². The molecule has 0 spiro atoms. The lowest BCUT2D eigenvalue weighted by atomic mass is 10.1.